The number of hydrogen-bond donors (Lipinski definition) is 1. The molecule has 0 aliphatic carbocycles. The molecular weight excluding hydrogens is 198 g/mol. The number of aryl methyl sites for hydroxylation is 2. The maximum Gasteiger partial charge on any atom is 0.207 e. The number of rotatable bonds is 4. The first-order valence-electron chi connectivity index (χ1n) is 5.70. The van der Waals surface area contributed by atoms with Crippen LogP contribution in [0.5, 0.6) is 0 Å². The Bertz CT molecular complexity index is 442. The fraction of sp³-hybridized carbons (Fsp3) is 0.308. The monoisotopic (exact) mass is 215 g/mol. The summed E-state index contributed by atoms with van der Waals surface area (Å²) in [6.07, 6.45) is 4.86. The summed E-state index contributed by atoms with van der Waals surface area (Å²) in [7, 11) is 0. The molecule has 84 valence electrons. The van der Waals surface area contributed by atoms with E-state index in [1.54, 1.807) is 0 Å². The highest BCUT2D eigenvalue weighted by atomic mass is 15.2. The van der Waals surface area contributed by atoms with E-state index in [0.717, 1.165) is 24.6 Å². The van der Waals surface area contributed by atoms with Crippen LogP contribution in [0.3, 0.4) is 0 Å². The smallest absolute Gasteiger partial charge is 0.207 e. The van der Waals surface area contributed by atoms with Crippen LogP contribution in [0.1, 0.15) is 19.4 Å². The number of anilines is 2. The van der Waals surface area contributed by atoms with E-state index >= 15 is 0 Å². The molecule has 0 bridgehead atoms. The van der Waals surface area contributed by atoms with Crippen molar-refractivity contribution in [3.63, 3.8) is 0 Å². The molecule has 0 radical (unpaired) electrons. The van der Waals surface area contributed by atoms with Crippen molar-refractivity contribution < 1.29 is 0 Å². The predicted molar refractivity (Wildman–Crippen MR) is 67.0 cm³/mol. The summed E-state index contributed by atoms with van der Waals surface area (Å²) in [5, 5.41) is 3.31. The van der Waals surface area contributed by atoms with Gasteiger partial charge in [-0.15, -0.1) is 0 Å². The van der Waals surface area contributed by atoms with Crippen LogP contribution in [-0.4, -0.2) is 9.55 Å². The average molecular weight is 215 g/mol. The summed E-state index contributed by atoms with van der Waals surface area (Å²) < 4.78 is 2.08. The number of benzene rings is 1. The fourth-order valence-corrected chi connectivity index (χ4v) is 1.64. The van der Waals surface area contributed by atoms with Crippen LogP contribution in [0.25, 0.3) is 0 Å². The zero-order chi connectivity index (χ0) is 11.4. The van der Waals surface area contributed by atoms with Gasteiger partial charge < -0.3 is 9.88 Å². The Balaban J connectivity index is 2.14. The minimum atomic E-state index is 0.895. The second-order valence-electron chi connectivity index (χ2n) is 3.71. The Kier molecular flexibility index (Phi) is 3.25. The van der Waals surface area contributed by atoms with Gasteiger partial charge in [0.15, 0.2) is 0 Å². The third-order valence-corrected chi connectivity index (χ3v) is 2.67. The average Bonchev–Trinajstić information content (AvgIpc) is 2.77. The lowest BCUT2D eigenvalue weighted by Crippen LogP contribution is -2.01. The molecule has 1 heterocycles. The summed E-state index contributed by atoms with van der Waals surface area (Å²) in [5.74, 6) is 0.895. The van der Waals surface area contributed by atoms with Crippen molar-refractivity contribution in [2.75, 3.05) is 5.32 Å². The van der Waals surface area contributed by atoms with Crippen LogP contribution < -0.4 is 5.32 Å². The Labute approximate surface area is 96.1 Å². The second-order valence-corrected chi connectivity index (χ2v) is 3.71. The van der Waals surface area contributed by atoms with Crippen molar-refractivity contribution in [3.8, 4) is 0 Å². The first-order valence-corrected chi connectivity index (χ1v) is 5.70. The van der Waals surface area contributed by atoms with Gasteiger partial charge in [0, 0.05) is 24.6 Å². The molecule has 2 aromatic rings. The highest BCUT2D eigenvalue weighted by Crippen LogP contribution is 2.15. The predicted octanol–water partition coefficient (Wildman–Crippen LogP) is 3.21. The Hall–Kier alpha value is -1.77. The number of hydrogen-bond acceptors (Lipinski definition) is 2. The lowest BCUT2D eigenvalue weighted by Gasteiger charge is -2.08. The normalized spacial score (nSPS) is 10.4. The summed E-state index contributed by atoms with van der Waals surface area (Å²) in [6.45, 7) is 5.19. The summed E-state index contributed by atoms with van der Waals surface area (Å²) in [5.41, 5.74) is 2.43. The van der Waals surface area contributed by atoms with Crippen LogP contribution in [0.4, 0.5) is 11.6 Å². The van der Waals surface area contributed by atoms with E-state index < -0.39 is 0 Å². The van der Waals surface area contributed by atoms with Gasteiger partial charge in [0.1, 0.15) is 0 Å². The van der Waals surface area contributed by atoms with Crippen molar-refractivity contribution in [1.29, 1.82) is 0 Å². The molecule has 0 saturated heterocycles. The van der Waals surface area contributed by atoms with Gasteiger partial charge in [-0.3, -0.25) is 0 Å². The van der Waals surface area contributed by atoms with Gasteiger partial charge in [-0.05, 0) is 31.0 Å². The van der Waals surface area contributed by atoms with Crippen molar-refractivity contribution in [2.45, 2.75) is 26.8 Å². The van der Waals surface area contributed by atoms with Crippen LogP contribution in [0.2, 0.25) is 0 Å². The minimum absolute atomic E-state index is 0.895. The summed E-state index contributed by atoms with van der Waals surface area (Å²) in [6, 6.07) is 8.46. The minimum Gasteiger partial charge on any atom is -0.326 e. The van der Waals surface area contributed by atoms with E-state index in [2.05, 4.69) is 53.0 Å². The molecule has 16 heavy (non-hydrogen) atoms. The highest BCUT2D eigenvalue weighted by Gasteiger charge is 2.00. The quantitative estimate of drug-likeness (QED) is 0.848. The van der Waals surface area contributed by atoms with Gasteiger partial charge >= 0.3 is 0 Å². The topological polar surface area (TPSA) is 29.9 Å². The van der Waals surface area contributed by atoms with Crippen molar-refractivity contribution in [1.82, 2.24) is 9.55 Å². The maximum atomic E-state index is 4.28. The molecule has 2 rings (SSSR count). The third kappa shape index (κ3) is 2.24. The SMILES string of the molecule is CCc1ccc(Nc2nccn2CC)cc1. The van der Waals surface area contributed by atoms with Crippen LogP contribution in [0, 0.1) is 0 Å². The summed E-state index contributed by atoms with van der Waals surface area (Å²) >= 11 is 0. The lowest BCUT2D eigenvalue weighted by atomic mass is 10.1. The molecule has 1 aromatic heterocycles. The van der Waals surface area contributed by atoms with Crippen molar-refractivity contribution in [3.05, 3.63) is 42.2 Å². The molecule has 0 saturated carbocycles. The molecule has 3 heteroatoms. The van der Waals surface area contributed by atoms with Crippen LogP contribution in [-0.2, 0) is 13.0 Å². The maximum absolute atomic E-state index is 4.28. The van der Waals surface area contributed by atoms with E-state index in [4.69, 9.17) is 0 Å². The van der Waals surface area contributed by atoms with Crippen molar-refractivity contribution in [2.24, 2.45) is 0 Å². The van der Waals surface area contributed by atoms with E-state index in [0.29, 0.717) is 0 Å². The highest BCUT2D eigenvalue weighted by molar-refractivity contribution is 5.54. The molecule has 0 unspecified atom stereocenters. The lowest BCUT2D eigenvalue weighted by molar-refractivity contribution is 0.772. The standard InChI is InChI=1S/C13H17N3/c1-3-11-5-7-12(8-6-11)15-13-14-9-10-16(13)4-2/h5-10H,3-4H2,1-2H3,(H,14,15). The van der Waals surface area contributed by atoms with E-state index in [-0.39, 0.29) is 0 Å². The van der Waals surface area contributed by atoms with Gasteiger partial charge in [-0.25, -0.2) is 4.98 Å². The molecule has 0 spiro atoms. The molecular formula is C13H17N3. The number of nitrogens with one attached hydrogen (secondary N) is 1. The fourth-order valence-electron chi connectivity index (χ4n) is 1.64. The van der Waals surface area contributed by atoms with E-state index in [1.807, 2.05) is 12.4 Å². The van der Waals surface area contributed by atoms with Gasteiger partial charge in [0.2, 0.25) is 5.95 Å². The first kappa shape index (κ1) is 10.7. The third-order valence-electron chi connectivity index (χ3n) is 2.67. The van der Waals surface area contributed by atoms with E-state index in [1.165, 1.54) is 5.56 Å². The summed E-state index contributed by atoms with van der Waals surface area (Å²) in [4.78, 5) is 4.28. The molecule has 1 aromatic carbocycles. The van der Waals surface area contributed by atoms with Crippen LogP contribution >= 0.6 is 0 Å². The Morgan fingerprint density at radius 2 is 1.94 bits per heavy atom. The Morgan fingerprint density at radius 3 is 2.56 bits per heavy atom. The molecule has 0 aliphatic heterocycles. The Morgan fingerprint density at radius 1 is 1.19 bits per heavy atom. The zero-order valence-corrected chi connectivity index (χ0v) is 9.77. The molecule has 0 amide bonds. The van der Waals surface area contributed by atoms with Crippen molar-refractivity contribution >= 4 is 11.6 Å². The zero-order valence-electron chi connectivity index (χ0n) is 9.77. The van der Waals surface area contributed by atoms with Gasteiger partial charge in [-0.1, -0.05) is 19.1 Å². The van der Waals surface area contributed by atoms with E-state index in [9.17, 15) is 0 Å². The second kappa shape index (κ2) is 4.84. The number of nitrogens with zero attached hydrogens (tertiary/aromatic N) is 2. The number of aromatic nitrogens is 2. The molecule has 0 aliphatic rings. The van der Waals surface area contributed by atoms with Gasteiger partial charge in [0.05, 0.1) is 0 Å². The van der Waals surface area contributed by atoms with Gasteiger partial charge in [0.25, 0.3) is 0 Å². The van der Waals surface area contributed by atoms with Crippen LogP contribution in [0.15, 0.2) is 36.7 Å². The van der Waals surface area contributed by atoms with Gasteiger partial charge in [-0.2, -0.15) is 0 Å². The first-order chi connectivity index (χ1) is 7.83. The molecule has 0 atom stereocenters. The molecule has 1 N–H and O–H groups in total. The molecule has 0 fully saturated rings. The largest absolute Gasteiger partial charge is 0.326 e. The molecule has 3 nitrogen and oxygen atoms in total. The number of imidazole rings is 1.